The quantitative estimate of drug-likeness (QED) is 0.735. The van der Waals surface area contributed by atoms with Gasteiger partial charge in [0.05, 0.1) is 0 Å². The number of hydrogen-bond donors (Lipinski definition) is 1. The Morgan fingerprint density at radius 1 is 1.64 bits per heavy atom. The van der Waals surface area contributed by atoms with Crippen molar-refractivity contribution in [1.82, 2.24) is 4.98 Å². The van der Waals surface area contributed by atoms with Crippen LogP contribution < -0.4 is 5.73 Å². The maximum Gasteiger partial charge on any atom is 0.0407 e. The third-order valence-corrected chi connectivity index (χ3v) is 1.96. The Hall–Kier alpha value is -1.64. The second-order valence-corrected chi connectivity index (χ2v) is 2.90. The van der Waals surface area contributed by atoms with Crippen molar-refractivity contribution >= 4 is 11.8 Å². The van der Waals surface area contributed by atoms with Crippen LogP contribution in [0.3, 0.4) is 0 Å². The van der Waals surface area contributed by atoms with Gasteiger partial charge >= 0.3 is 0 Å². The summed E-state index contributed by atoms with van der Waals surface area (Å²) in [6.45, 7) is 2.08. The molecule has 0 radical (unpaired) electrons. The van der Waals surface area contributed by atoms with Crippen molar-refractivity contribution in [2.24, 2.45) is 10.7 Å². The van der Waals surface area contributed by atoms with Crippen LogP contribution >= 0.6 is 0 Å². The molecule has 0 atom stereocenters. The van der Waals surface area contributed by atoms with E-state index in [2.05, 4.69) is 16.9 Å². The summed E-state index contributed by atoms with van der Waals surface area (Å²) in [6, 6.07) is 3.96. The summed E-state index contributed by atoms with van der Waals surface area (Å²) >= 11 is 0. The van der Waals surface area contributed by atoms with E-state index in [4.69, 9.17) is 5.73 Å². The minimum Gasteiger partial charge on any atom is -0.404 e. The molecule has 14 heavy (non-hydrogen) atoms. The Morgan fingerprint density at radius 2 is 2.43 bits per heavy atom. The van der Waals surface area contributed by atoms with Crippen LogP contribution in [0.5, 0.6) is 0 Å². The van der Waals surface area contributed by atoms with Gasteiger partial charge in [-0.2, -0.15) is 0 Å². The van der Waals surface area contributed by atoms with E-state index in [1.807, 2.05) is 12.1 Å². The Morgan fingerprint density at radius 3 is 3.00 bits per heavy atom. The predicted molar refractivity (Wildman–Crippen MR) is 60.2 cm³/mol. The monoisotopic (exact) mass is 189 g/mol. The van der Waals surface area contributed by atoms with Crippen molar-refractivity contribution in [2.75, 3.05) is 7.05 Å². The first kappa shape index (κ1) is 10.4. The predicted octanol–water partition coefficient (Wildman–Crippen LogP) is 1.64. The SMILES string of the molecule is CCc1cc(C(C=NC)=CN)ccn1. The molecule has 1 rings (SSSR count). The summed E-state index contributed by atoms with van der Waals surface area (Å²) in [4.78, 5) is 8.17. The molecule has 1 aromatic heterocycles. The maximum atomic E-state index is 5.51. The van der Waals surface area contributed by atoms with E-state index in [0.29, 0.717) is 0 Å². The smallest absolute Gasteiger partial charge is 0.0407 e. The van der Waals surface area contributed by atoms with E-state index in [1.54, 1.807) is 25.7 Å². The molecule has 0 spiro atoms. The first-order chi connectivity index (χ1) is 6.81. The van der Waals surface area contributed by atoms with Crippen molar-refractivity contribution in [3.8, 4) is 0 Å². The number of aryl methyl sites for hydroxylation is 1. The molecule has 0 aliphatic heterocycles. The summed E-state index contributed by atoms with van der Waals surface area (Å²) in [7, 11) is 1.73. The maximum absolute atomic E-state index is 5.51. The lowest BCUT2D eigenvalue weighted by atomic mass is 10.1. The molecule has 2 N–H and O–H groups in total. The third-order valence-electron chi connectivity index (χ3n) is 1.96. The largest absolute Gasteiger partial charge is 0.404 e. The highest BCUT2D eigenvalue weighted by Crippen LogP contribution is 2.11. The first-order valence-electron chi connectivity index (χ1n) is 4.61. The highest BCUT2D eigenvalue weighted by molar-refractivity contribution is 6.09. The lowest BCUT2D eigenvalue weighted by molar-refractivity contribution is 1.03. The molecular weight excluding hydrogens is 174 g/mol. The van der Waals surface area contributed by atoms with Gasteiger partial charge in [0.15, 0.2) is 0 Å². The molecule has 0 aliphatic rings. The zero-order chi connectivity index (χ0) is 10.4. The van der Waals surface area contributed by atoms with Crippen LogP contribution in [0.4, 0.5) is 0 Å². The second kappa shape index (κ2) is 5.17. The van der Waals surface area contributed by atoms with E-state index in [9.17, 15) is 0 Å². The fourth-order valence-corrected chi connectivity index (χ4v) is 1.20. The molecule has 1 heterocycles. The van der Waals surface area contributed by atoms with Crippen molar-refractivity contribution < 1.29 is 0 Å². The third kappa shape index (κ3) is 2.42. The van der Waals surface area contributed by atoms with Gasteiger partial charge in [-0.1, -0.05) is 6.92 Å². The Labute approximate surface area is 84.4 Å². The number of pyridine rings is 1. The van der Waals surface area contributed by atoms with Crippen LogP contribution in [0.15, 0.2) is 29.5 Å². The molecule has 0 saturated heterocycles. The summed E-state index contributed by atoms with van der Waals surface area (Å²) in [5.41, 5.74) is 8.55. The van der Waals surface area contributed by atoms with Crippen LogP contribution in [0.1, 0.15) is 18.2 Å². The number of nitrogens with two attached hydrogens (primary N) is 1. The molecule has 0 unspecified atom stereocenters. The highest BCUT2D eigenvalue weighted by Gasteiger charge is 1.99. The minimum absolute atomic E-state index is 0.921. The number of hydrogen-bond acceptors (Lipinski definition) is 3. The van der Waals surface area contributed by atoms with Gasteiger partial charge in [-0.05, 0) is 24.1 Å². The zero-order valence-corrected chi connectivity index (χ0v) is 8.57. The van der Waals surface area contributed by atoms with Crippen LogP contribution in [0, 0.1) is 0 Å². The van der Waals surface area contributed by atoms with Crippen molar-refractivity contribution in [2.45, 2.75) is 13.3 Å². The Bertz CT molecular complexity index is 353. The number of nitrogens with zero attached hydrogens (tertiary/aromatic N) is 2. The molecular formula is C11H15N3. The molecule has 0 aliphatic carbocycles. The van der Waals surface area contributed by atoms with E-state index in [0.717, 1.165) is 23.3 Å². The molecule has 3 nitrogen and oxygen atoms in total. The van der Waals surface area contributed by atoms with E-state index in [-0.39, 0.29) is 0 Å². The molecule has 0 amide bonds. The van der Waals surface area contributed by atoms with Crippen LogP contribution in [0.2, 0.25) is 0 Å². The average Bonchev–Trinajstić information content (AvgIpc) is 2.26. The Balaban J connectivity index is 3.05. The summed E-state index contributed by atoms with van der Waals surface area (Å²) in [5.74, 6) is 0. The molecule has 0 saturated carbocycles. The van der Waals surface area contributed by atoms with Gasteiger partial charge in [0.2, 0.25) is 0 Å². The summed E-state index contributed by atoms with van der Waals surface area (Å²) < 4.78 is 0. The zero-order valence-electron chi connectivity index (χ0n) is 8.57. The number of rotatable bonds is 3. The standard InChI is InChI=1S/C11H15N3/c1-3-11-6-9(4-5-14-11)10(7-12)8-13-2/h4-8H,3,12H2,1-2H3. The second-order valence-electron chi connectivity index (χ2n) is 2.90. The first-order valence-corrected chi connectivity index (χ1v) is 4.61. The molecule has 1 aromatic rings. The van der Waals surface area contributed by atoms with Gasteiger partial charge in [0.1, 0.15) is 0 Å². The lowest BCUT2D eigenvalue weighted by Gasteiger charge is -2.02. The number of aromatic nitrogens is 1. The Kier molecular flexibility index (Phi) is 3.85. The highest BCUT2D eigenvalue weighted by atomic mass is 14.7. The normalized spacial score (nSPS) is 12.3. The number of allylic oxidation sites excluding steroid dienone is 1. The van der Waals surface area contributed by atoms with Gasteiger partial charge in [0.25, 0.3) is 0 Å². The van der Waals surface area contributed by atoms with Crippen molar-refractivity contribution in [3.05, 3.63) is 35.8 Å². The van der Waals surface area contributed by atoms with Gasteiger partial charge in [0, 0.05) is 36.9 Å². The van der Waals surface area contributed by atoms with Crippen LogP contribution in [-0.4, -0.2) is 18.2 Å². The minimum atomic E-state index is 0.921. The van der Waals surface area contributed by atoms with Gasteiger partial charge in [-0.15, -0.1) is 0 Å². The van der Waals surface area contributed by atoms with E-state index in [1.165, 1.54) is 0 Å². The molecule has 0 fully saturated rings. The molecule has 74 valence electrons. The average molecular weight is 189 g/mol. The van der Waals surface area contributed by atoms with E-state index >= 15 is 0 Å². The van der Waals surface area contributed by atoms with Gasteiger partial charge in [-0.3, -0.25) is 9.98 Å². The van der Waals surface area contributed by atoms with Crippen molar-refractivity contribution in [3.63, 3.8) is 0 Å². The number of aliphatic imine (C=N–C) groups is 1. The van der Waals surface area contributed by atoms with Gasteiger partial charge in [-0.25, -0.2) is 0 Å². The summed E-state index contributed by atoms with van der Waals surface area (Å²) in [6.07, 6.45) is 6.02. The van der Waals surface area contributed by atoms with E-state index < -0.39 is 0 Å². The summed E-state index contributed by atoms with van der Waals surface area (Å²) in [5, 5.41) is 0. The topological polar surface area (TPSA) is 51.3 Å². The molecule has 0 bridgehead atoms. The fraction of sp³-hybridized carbons (Fsp3) is 0.273. The lowest BCUT2D eigenvalue weighted by Crippen LogP contribution is -1.94. The molecule has 0 aromatic carbocycles. The van der Waals surface area contributed by atoms with Crippen molar-refractivity contribution in [1.29, 1.82) is 0 Å². The fourth-order valence-electron chi connectivity index (χ4n) is 1.20. The van der Waals surface area contributed by atoms with Gasteiger partial charge < -0.3 is 5.73 Å². The van der Waals surface area contributed by atoms with Crippen LogP contribution in [-0.2, 0) is 6.42 Å². The molecule has 3 heteroatoms. The van der Waals surface area contributed by atoms with Crippen LogP contribution in [0.25, 0.3) is 5.57 Å².